The van der Waals surface area contributed by atoms with E-state index in [1.807, 2.05) is 66.7 Å². The number of likely N-dealkylation sites (tertiary alicyclic amines) is 1. The molecule has 1 N–H and O–H groups in total. The van der Waals surface area contributed by atoms with E-state index in [4.69, 9.17) is 9.47 Å². The number of benzene rings is 3. The zero-order valence-electron chi connectivity index (χ0n) is 18.7. The third kappa shape index (κ3) is 5.71. The molecule has 0 unspecified atom stereocenters. The Kier molecular flexibility index (Phi) is 7.25. The molecule has 6 nitrogen and oxygen atoms in total. The van der Waals surface area contributed by atoms with Gasteiger partial charge in [-0.25, -0.2) is 0 Å². The van der Waals surface area contributed by atoms with Crippen molar-refractivity contribution >= 4 is 11.8 Å². The molecule has 6 heteroatoms. The van der Waals surface area contributed by atoms with Gasteiger partial charge in [-0.3, -0.25) is 9.59 Å². The molecule has 2 amide bonds. The lowest BCUT2D eigenvalue weighted by atomic mass is 10.0. The van der Waals surface area contributed by atoms with Gasteiger partial charge < -0.3 is 19.7 Å². The van der Waals surface area contributed by atoms with Crippen LogP contribution in [0.5, 0.6) is 11.5 Å². The summed E-state index contributed by atoms with van der Waals surface area (Å²) >= 11 is 0. The standard InChI is InChI=1S/C27H28N2O4/c1-32-24-9-5-6-10-25(24)33-19-26(30)29-17-15-23(16-18-29)28-27(31)22-13-11-21(12-14-22)20-7-3-2-4-8-20/h2-14,23H,15-19H2,1H3,(H,28,31). The van der Waals surface area contributed by atoms with Crippen LogP contribution in [0.25, 0.3) is 11.1 Å². The van der Waals surface area contributed by atoms with E-state index in [2.05, 4.69) is 5.32 Å². The fraction of sp³-hybridized carbons (Fsp3) is 0.259. The molecule has 4 rings (SSSR count). The third-order valence-corrected chi connectivity index (χ3v) is 5.86. The predicted octanol–water partition coefficient (Wildman–Crippen LogP) is 4.16. The van der Waals surface area contributed by atoms with E-state index >= 15 is 0 Å². The van der Waals surface area contributed by atoms with Crippen LogP contribution in [0.2, 0.25) is 0 Å². The van der Waals surface area contributed by atoms with Crippen molar-refractivity contribution in [1.82, 2.24) is 10.2 Å². The van der Waals surface area contributed by atoms with Gasteiger partial charge >= 0.3 is 0 Å². The summed E-state index contributed by atoms with van der Waals surface area (Å²) in [6.07, 6.45) is 1.43. The Morgan fingerprint density at radius 2 is 1.45 bits per heavy atom. The number of nitrogens with zero attached hydrogens (tertiary/aromatic N) is 1. The molecule has 1 aliphatic heterocycles. The van der Waals surface area contributed by atoms with Gasteiger partial charge in [0.15, 0.2) is 18.1 Å². The van der Waals surface area contributed by atoms with Gasteiger partial charge in [0, 0.05) is 24.7 Å². The van der Waals surface area contributed by atoms with Gasteiger partial charge in [0.2, 0.25) is 0 Å². The van der Waals surface area contributed by atoms with Crippen molar-refractivity contribution in [3.63, 3.8) is 0 Å². The maximum absolute atomic E-state index is 12.7. The van der Waals surface area contributed by atoms with Crippen molar-refractivity contribution in [3.05, 3.63) is 84.4 Å². The van der Waals surface area contributed by atoms with Crippen molar-refractivity contribution < 1.29 is 19.1 Å². The highest BCUT2D eigenvalue weighted by Gasteiger charge is 2.24. The molecule has 0 aliphatic carbocycles. The highest BCUT2D eigenvalue weighted by atomic mass is 16.5. The molecule has 1 heterocycles. The van der Waals surface area contributed by atoms with Crippen LogP contribution in [0.15, 0.2) is 78.9 Å². The van der Waals surface area contributed by atoms with Crippen LogP contribution < -0.4 is 14.8 Å². The summed E-state index contributed by atoms with van der Waals surface area (Å²) < 4.78 is 10.9. The molecule has 1 aliphatic rings. The lowest BCUT2D eigenvalue weighted by molar-refractivity contribution is -0.134. The molecular weight excluding hydrogens is 416 g/mol. The number of hydrogen-bond donors (Lipinski definition) is 1. The first kappa shape index (κ1) is 22.4. The summed E-state index contributed by atoms with van der Waals surface area (Å²) in [6, 6.07) is 25.0. The van der Waals surface area contributed by atoms with Crippen LogP contribution >= 0.6 is 0 Å². The SMILES string of the molecule is COc1ccccc1OCC(=O)N1CCC(NC(=O)c2ccc(-c3ccccc3)cc2)CC1. The Bertz CT molecular complexity index is 1070. The number of piperidine rings is 1. The van der Waals surface area contributed by atoms with E-state index in [9.17, 15) is 9.59 Å². The molecule has 0 atom stereocenters. The maximum Gasteiger partial charge on any atom is 0.260 e. The number of hydrogen-bond acceptors (Lipinski definition) is 4. The number of amides is 2. The molecule has 0 saturated carbocycles. The molecular formula is C27H28N2O4. The van der Waals surface area contributed by atoms with E-state index in [0.717, 1.165) is 11.1 Å². The first-order chi connectivity index (χ1) is 16.1. The fourth-order valence-corrected chi connectivity index (χ4v) is 3.96. The van der Waals surface area contributed by atoms with E-state index in [1.54, 1.807) is 24.1 Å². The van der Waals surface area contributed by atoms with Crippen molar-refractivity contribution in [1.29, 1.82) is 0 Å². The van der Waals surface area contributed by atoms with Gasteiger partial charge in [0.05, 0.1) is 7.11 Å². The van der Waals surface area contributed by atoms with Crippen LogP contribution in [-0.4, -0.2) is 49.6 Å². The Balaban J connectivity index is 1.24. The van der Waals surface area contributed by atoms with E-state index in [1.165, 1.54) is 0 Å². The minimum atomic E-state index is -0.0844. The zero-order chi connectivity index (χ0) is 23.0. The summed E-state index contributed by atoms with van der Waals surface area (Å²) in [6.45, 7) is 1.14. The molecule has 0 bridgehead atoms. The summed E-state index contributed by atoms with van der Waals surface area (Å²) in [5, 5.41) is 3.10. The molecule has 170 valence electrons. The quantitative estimate of drug-likeness (QED) is 0.594. The Morgan fingerprint density at radius 3 is 2.12 bits per heavy atom. The summed E-state index contributed by atoms with van der Waals surface area (Å²) in [5.74, 6) is 0.999. The second kappa shape index (κ2) is 10.7. The van der Waals surface area contributed by atoms with Gasteiger partial charge in [0.25, 0.3) is 11.8 Å². The number of methoxy groups -OCH3 is 1. The predicted molar refractivity (Wildman–Crippen MR) is 127 cm³/mol. The molecule has 3 aromatic carbocycles. The normalized spacial score (nSPS) is 13.9. The molecule has 3 aromatic rings. The van der Waals surface area contributed by atoms with Gasteiger partial charge in [-0.15, -0.1) is 0 Å². The minimum absolute atomic E-state index is 0.0365. The second-order valence-electron chi connectivity index (χ2n) is 8.01. The lowest BCUT2D eigenvalue weighted by Crippen LogP contribution is -2.47. The van der Waals surface area contributed by atoms with Crippen molar-refractivity contribution in [2.45, 2.75) is 18.9 Å². The number of ether oxygens (including phenoxy) is 2. The molecule has 0 radical (unpaired) electrons. The van der Waals surface area contributed by atoms with Crippen LogP contribution in [0.3, 0.4) is 0 Å². The summed E-state index contributed by atoms with van der Waals surface area (Å²) in [5.41, 5.74) is 2.84. The largest absolute Gasteiger partial charge is 0.493 e. The highest BCUT2D eigenvalue weighted by molar-refractivity contribution is 5.94. The van der Waals surface area contributed by atoms with Crippen molar-refractivity contribution in [2.75, 3.05) is 26.8 Å². The number of para-hydroxylation sites is 2. The number of carbonyl (C=O) groups is 2. The molecule has 1 saturated heterocycles. The van der Waals surface area contributed by atoms with E-state index in [0.29, 0.717) is 43.0 Å². The Morgan fingerprint density at radius 1 is 0.848 bits per heavy atom. The minimum Gasteiger partial charge on any atom is -0.493 e. The molecule has 33 heavy (non-hydrogen) atoms. The third-order valence-electron chi connectivity index (χ3n) is 5.86. The van der Waals surface area contributed by atoms with Crippen molar-refractivity contribution in [3.8, 4) is 22.6 Å². The number of rotatable bonds is 7. The van der Waals surface area contributed by atoms with Crippen LogP contribution in [-0.2, 0) is 4.79 Å². The Labute approximate surface area is 194 Å². The number of carbonyl (C=O) groups excluding carboxylic acids is 2. The van der Waals surface area contributed by atoms with Crippen LogP contribution in [0.4, 0.5) is 0 Å². The lowest BCUT2D eigenvalue weighted by Gasteiger charge is -2.32. The monoisotopic (exact) mass is 444 g/mol. The number of nitrogens with one attached hydrogen (secondary N) is 1. The summed E-state index contributed by atoms with van der Waals surface area (Å²) in [4.78, 5) is 27.0. The molecule has 1 fully saturated rings. The molecule has 0 spiro atoms. The zero-order valence-corrected chi connectivity index (χ0v) is 18.7. The van der Waals surface area contributed by atoms with Crippen molar-refractivity contribution in [2.24, 2.45) is 0 Å². The highest BCUT2D eigenvalue weighted by Crippen LogP contribution is 2.26. The first-order valence-corrected chi connectivity index (χ1v) is 11.1. The average molecular weight is 445 g/mol. The topological polar surface area (TPSA) is 67.9 Å². The summed E-state index contributed by atoms with van der Waals surface area (Å²) in [7, 11) is 1.57. The van der Waals surface area contributed by atoms with Crippen LogP contribution in [0.1, 0.15) is 23.2 Å². The first-order valence-electron chi connectivity index (χ1n) is 11.1. The van der Waals surface area contributed by atoms with Gasteiger partial charge in [0.1, 0.15) is 0 Å². The second-order valence-corrected chi connectivity index (χ2v) is 8.01. The van der Waals surface area contributed by atoms with Crippen LogP contribution in [0, 0.1) is 0 Å². The van der Waals surface area contributed by atoms with Gasteiger partial charge in [-0.1, -0.05) is 54.6 Å². The van der Waals surface area contributed by atoms with Gasteiger partial charge in [-0.05, 0) is 48.2 Å². The Hall–Kier alpha value is -3.80. The molecule has 0 aromatic heterocycles. The average Bonchev–Trinajstić information content (AvgIpc) is 2.88. The van der Waals surface area contributed by atoms with E-state index < -0.39 is 0 Å². The fourth-order valence-electron chi connectivity index (χ4n) is 3.96. The van der Waals surface area contributed by atoms with E-state index in [-0.39, 0.29) is 24.5 Å². The van der Waals surface area contributed by atoms with Gasteiger partial charge in [-0.2, -0.15) is 0 Å². The smallest absolute Gasteiger partial charge is 0.260 e. The maximum atomic E-state index is 12.7.